The Morgan fingerprint density at radius 2 is 1.93 bits per heavy atom. The number of carboxylic acid groups (broad SMARTS) is 1. The smallest absolute Gasteiger partial charge is 0.316 e. The molecule has 0 aromatic rings. The predicted molar refractivity (Wildman–Crippen MR) is 62.0 cm³/mol. The second-order valence-electron chi connectivity index (χ2n) is 4.42. The Kier molecular flexibility index (Phi) is 5.72. The van der Waals surface area contributed by atoms with E-state index >= 15 is 0 Å². The van der Waals surface area contributed by atoms with E-state index in [4.69, 9.17) is 5.11 Å². The zero-order chi connectivity index (χ0) is 12.1. The van der Waals surface area contributed by atoms with Gasteiger partial charge in [0.25, 0.3) is 0 Å². The average molecular weight is 233 g/mol. The van der Waals surface area contributed by atoms with Crippen molar-refractivity contribution in [1.82, 2.24) is 5.32 Å². The van der Waals surface area contributed by atoms with Gasteiger partial charge in [-0.15, -0.1) is 0 Å². The summed E-state index contributed by atoms with van der Waals surface area (Å²) in [6.45, 7) is 5.76. The van der Waals surface area contributed by atoms with Crippen LogP contribution in [0, 0.1) is 11.3 Å². The molecule has 0 radical (unpaired) electrons. The number of nitrogens with one attached hydrogen (secondary N) is 1. The first kappa shape index (κ1) is 14.3. The highest BCUT2D eigenvalue weighted by Gasteiger charge is 2.37. The van der Waals surface area contributed by atoms with E-state index in [1.54, 1.807) is 32.5 Å². The van der Waals surface area contributed by atoms with Crippen molar-refractivity contribution in [2.24, 2.45) is 11.3 Å². The number of carbonyl (C=O) groups is 2. The van der Waals surface area contributed by atoms with Gasteiger partial charge < -0.3 is 10.4 Å². The normalized spacial score (nSPS) is 13.3. The maximum atomic E-state index is 11.6. The number of carbonyl (C=O) groups excluding carboxylic acids is 1. The van der Waals surface area contributed by atoms with E-state index in [1.165, 1.54) is 0 Å². The van der Waals surface area contributed by atoms with Gasteiger partial charge >= 0.3 is 5.97 Å². The Hall–Kier alpha value is -0.710. The lowest BCUT2D eigenvalue weighted by molar-refractivity contribution is -0.151. The molecule has 0 bridgehead atoms. The monoisotopic (exact) mass is 233 g/mol. The van der Waals surface area contributed by atoms with Crippen molar-refractivity contribution >= 4 is 23.6 Å². The van der Waals surface area contributed by atoms with Crippen LogP contribution in [0.4, 0.5) is 0 Å². The fourth-order valence-electron chi connectivity index (χ4n) is 1.25. The largest absolute Gasteiger partial charge is 0.481 e. The van der Waals surface area contributed by atoms with Gasteiger partial charge in [-0.05, 0) is 11.7 Å². The lowest BCUT2D eigenvalue weighted by Gasteiger charge is -2.25. The first-order chi connectivity index (χ1) is 6.80. The fraction of sp³-hybridized carbons (Fsp3) is 0.800. The highest BCUT2D eigenvalue weighted by Crippen LogP contribution is 2.26. The minimum absolute atomic E-state index is 0.399. The number of hydrogen-bond acceptors (Lipinski definition) is 3. The van der Waals surface area contributed by atoms with E-state index in [9.17, 15) is 9.59 Å². The molecule has 0 aromatic carbocycles. The molecule has 0 heterocycles. The van der Waals surface area contributed by atoms with Gasteiger partial charge in [0.1, 0.15) is 5.92 Å². The summed E-state index contributed by atoms with van der Waals surface area (Å²) in [5.74, 6) is -1.66. The van der Waals surface area contributed by atoms with Crippen LogP contribution in [0.5, 0.6) is 0 Å². The summed E-state index contributed by atoms with van der Waals surface area (Å²) >= 11 is 1.61. The van der Waals surface area contributed by atoms with Crippen LogP contribution in [0.25, 0.3) is 0 Å². The molecule has 0 spiro atoms. The molecule has 0 saturated heterocycles. The lowest BCUT2D eigenvalue weighted by Crippen LogP contribution is -2.43. The van der Waals surface area contributed by atoms with Crippen molar-refractivity contribution in [1.29, 1.82) is 0 Å². The third-order valence-electron chi connectivity index (χ3n) is 1.98. The van der Waals surface area contributed by atoms with Gasteiger partial charge in [-0.2, -0.15) is 11.8 Å². The van der Waals surface area contributed by atoms with Crippen LogP contribution in [0.3, 0.4) is 0 Å². The van der Waals surface area contributed by atoms with Gasteiger partial charge in [-0.25, -0.2) is 0 Å². The van der Waals surface area contributed by atoms with Crippen LogP contribution in [-0.2, 0) is 9.59 Å². The third kappa shape index (κ3) is 5.06. The van der Waals surface area contributed by atoms with Crippen LogP contribution in [0.2, 0.25) is 0 Å². The molecule has 2 N–H and O–H groups in total. The number of rotatable bonds is 5. The molecule has 88 valence electrons. The minimum atomic E-state index is -1.07. The Morgan fingerprint density at radius 3 is 2.27 bits per heavy atom. The van der Waals surface area contributed by atoms with Crippen molar-refractivity contribution in [3.05, 3.63) is 0 Å². The average Bonchev–Trinajstić information content (AvgIpc) is 2.00. The highest BCUT2D eigenvalue weighted by atomic mass is 32.2. The zero-order valence-corrected chi connectivity index (χ0v) is 10.5. The molecule has 0 rings (SSSR count). The summed E-state index contributed by atoms with van der Waals surface area (Å²) in [5, 5.41) is 11.6. The van der Waals surface area contributed by atoms with Gasteiger partial charge in [0.05, 0.1) is 0 Å². The molecular formula is C10H19NO3S. The molecule has 1 atom stereocenters. The Bertz CT molecular complexity index is 235. The van der Waals surface area contributed by atoms with E-state index in [1.807, 2.05) is 6.26 Å². The number of amides is 1. The maximum Gasteiger partial charge on any atom is 0.316 e. The van der Waals surface area contributed by atoms with Gasteiger partial charge in [0, 0.05) is 12.3 Å². The lowest BCUT2D eigenvalue weighted by atomic mass is 9.80. The van der Waals surface area contributed by atoms with E-state index < -0.39 is 23.2 Å². The third-order valence-corrected chi connectivity index (χ3v) is 2.59. The molecule has 5 heteroatoms. The van der Waals surface area contributed by atoms with Gasteiger partial charge in [-0.1, -0.05) is 20.8 Å². The Morgan fingerprint density at radius 1 is 1.40 bits per heavy atom. The quantitative estimate of drug-likeness (QED) is 0.553. The molecule has 0 saturated carbocycles. The summed E-state index contributed by atoms with van der Waals surface area (Å²) in [4.78, 5) is 22.6. The first-order valence-electron chi connectivity index (χ1n) is 4.80. The second kappa shape index (κ2) is 6.00. The zero-order valence-electron chi connectivity index (χ0n) is 9.66. The SMILES string of the molecule is CSCCNC(=O)C(C(=O)O)C(C)(C)C. The summed E-state index contributed by atoms with van der Waals surface area (Å²) in [5.41, 5.74) is -0.560. The molecule has 15 heavy (non-hydrogen) atoms. The Labute approximate surface area is 94.8 Å². The summed E-state index contributed by atoms with van der Waals surface area (Å²) in [6, 6.07) is 0. The molecule has 0 aromatic heterocycles. The molecular weight excluding hydrogens is 214 g/mol. The van der Waals surface area contributed by atoms with E-state index in [0.29, 0.717) is 6.54 Å². The molecule has 0 aliphatic rings. The molecule has 4 nitrogen and oxygen atoms in total. The van der Waals surface area contributed by atoms with Crippen LogP contribution in [0.1, 0.15) is 20.8 Å². The van der Waals surface area contributed by atoms with Crippen molar-refractivity contribution in [3.8, 4) is 0 Å². The molecule has 1 amide bonds. The van der Waals surface area contributed by atoms with E-state index in [-0.39, 0.29) is 0 Å². The van der Waals surface area contributed by atoms with E-state index in [0.717, 1.165) is 5.75 Å². The van der Waals surface area contributed by atoms with Crippen LogP contribution >= 0.6 is 11.8 Å². The van der Waals surface area contributed by atoms with Crippen molar-refractivity contribution in [2.45, 2.75) is 20.8 Å². The summed E-state index contributed by atoms with van der Waals surface area (Å²) in [7, 11) is 0. The van der Waals surface area contributed by atoms with Gasteiger partial charge in [0.2, 0.25) is 5.91 Å². The number of carboxylic acids is 1. The molecule has 0 aliphatic heterocycles. The van der Waals surface area contributed by atoms with Crippen LogP contribution < -0.4 is 5.32 Å². The maximum absolute atomic E-state index is 11.6. The number of thioether (sulfide) groups is 1. The van der Waals surface area contributed by atoms with Crippen molar-refractivity contribution < 1.29 is 14.7 Å². The molecule has 0 aliphatic carbocycles. The Balaban J connectivity index is 4.39. The van der Waals surface area contributed by atoms with Gasteiger partial charge in [0.15, 0.2) is 0 Å². The number of aliphatic carboxylic acids is 1. The van der Waals surface area contributed by atoms with Crippen molar-refractivity contribution in [3.63, 3.8) is 0 Å². The number of hydrogen-bond donors (Lipinski definition) is 2. The topological polar surface area (TPSA) is 66.4 Å². The summed E-state index contributed by atoms with van der Waals surface area (Å²) in [6.07, 6.45) is 1.94. The molecule has 0 fully saturated rings. The van der Waals surface area contributed by atoms with E-state index in [2.05, 4.69) is 5.32 Å². The fourth-order valence-corrected chi connectivity index (χ4v) is 1.56. The minimum Gasteiger partial charge on any atom is -0.481 e. The standard InChI is InChI=1S/C10H19NO3S/c1-10(2,3)7(9(13)14)8(12)11-5-6-15-4/h7H,5-6H2,1-4H3,(H,11,12)(H,13,14). The summed E-state index contributed by atoms with van der Waals surface area (Å²) < 4.78 is 0. The second-order valence-corrected chi connectivity index (χ2v) is 5.41. The van der Waals surface area contributed by atoms with Crippen LogP contribution in [-0.4, -0.2) is 35.5 Å². The highest BCUT2D eigenvalue weighted by molar-refractivity contribution is 7.98. The van der Waals surface area contributed by atoms with Crippen LogP contribution in [0.15, 0.2) is 0 Å². The predicted octanol–water partition coefficient (Wildman–Crippen LogP) is 1.21. The first-order valence-corrected chi connectivity index (χ1v) is 6.19. The van der Waals surface area contributed by atoms with Gasteiger partial charge in [-0.3, -0.25) is 9.59 Å². The van der Waals surface area contributed by atoms with Crippen molar-refractivity contribution in [2.75, 3.05) is 18.6 Å². The molecule has 1 unspecified atom stereocenters.